The van der Waals surface area contributed by atoms with Crippen molar-refractivity contribution in [1.82, 2.24) is 10.2 Å². The first-order valence-corrected chi connectivity index (χ1v) is 4.31. The van der Waals surface area contributed by atoms with Crippen LogP contribution in [0, 0.1) is 0 Å². The number of halogens is 5. The summed E-state index contributed by atoms with van der Waals surface area (Å²) >= 11 is 0. The van der Waals surface area contributed by atoms with E-state index in [1.807, 2.05) is 0 Å². The van der Waals surface area contributed by atoms with E-state index in [0.29, 0.717) is 0 Å². The molecule has 1 aromatic rings. The van der Waals surface area contributed by atoms with Gasteiger partial charge in [-0.2, -0.15) is 18.3 Å². The summed E-state index contributed by atoms with van der Waals surface area (Å²) in [5.74, 6) is 0. The summed E-state index contributed by atoms with van der Waals surface area (Å²) in [4.78, 5) is 0. The zero-order valence-corrected chi connectivity index (χ0v) is 8.28. The molecule has 1 unspecified atom stereocenters. The van der Waals surface area contributed by atoms with Gasteiger partial charge in [0.25, 0.3) is 6.43 Å². The highest BCUT2D eigenvalue weighted by Gasteiger charge is 2.39. The van der Waals surface area contributed by atoms with Gasteiger partial charge in [-0.05, 0) is 13.3 Å². The van der Waals surface area contributed by atoms with Crippen LogP contribution in [0.25, 0.3) is 0 Å². The lowest BCUT2D eigenvalue weighted by atomic mass is 9.94. The molecule has 0 saturated carbocycles. The van der Waals surface area contributed by atoms with Crippen LogP contribution in [0.5, 0.6) is 0 Å². The second-order valence-electron chi connectivity index (χ2n) is 3.75. The topological polar surface area (TPSA) is 54.7 Å². The Morgan fingerprint density at radius 1 is 1.44 bits per heavy atom. The fourth-order valence-corrected chi connectivity index (χ4v) is 1.18. The third-order valence-electron chi connectivity index (χ3n) is 2.07. The smallest absolute Gasteiger partial charge is 0.320 e. The number of hydrogen-bond donors (Lipinski definition) is 2. The van der Waals surface area contributed by atoms with E-state index in [9.17, 15) is 22.0 Å². The van der Waals surface area contributed by atoms with Crippen LogP contribution in [0.1, 0.15) is 18.2 Å². The van der Waals surface area contributed by atoms with Gasteiger partial charge in [-0.3, -0.25) is 5.10 Å². The highest BCUT2D eigenvalue weighted by atomic mass is 19.4. The molecule has 0 spiro atoms. The van der Waals surface area contributed by atoms with Crippen molar-refractivity contribution in [2.75, 3.05) is 0 Å². The molecule has 0 amide bonds. The number of aromatic nitrogens is 2. The number of alkyl halides is 5. The fraction of sp³-hybridized carbons (Fsp3) is 0.625. The molecule has 0 aromatic carbocycles. The Morgan fingerprint density at radius 3 is 2.44 bits per heavy atom. The lowest BCUT2D eigenvalue weighted by Crippen LogP contribution is -2.46. The van der Waals surface area contributed by atoms with Crippen LogP contribution >= 0.6 is 0 Å². The van der Waals surface area contributed by atoms with Crippen molar-refractivity contribution in [2.45, 2.75) is 31.5 Å². The lowest BCUT2D eigenvalue weighted by molar-refractivity contribution is -0.142. The van der Waals surface area contributed by atoms with Crippen LogP contribution in [-0.2, 0) is 12.6 Å². The molecule has 1 aromatic heterocycles. The number of aromatic amines is 1. The standard InChI is InChI=1S/C8H10F5N3/c1-7(14,6(9)10)2-4-3-15-16-5(4)8(11,12)13/h3,6H,2,14H2,1H3,(H,15,16). The van der Waals surface area contributed by atoms with E-state index < -0.39 is 30.3 Å². The number of nitrogens with zero attached hydrogens (tertiary/aromatic N) is 1. The molecular weight excluding hydrogens is 233 g/mol. The average Bonchev–Trinajstić information content (AvgIpc) is 2.49. The molecule has 0 aliphatic carbocycles. The Labute approximate surface area is 87.8 Å². The van der Waals surface area contributed by atoms with Gasteiger partial charge in [0, 0.05) is 5.56 Å². The predicted molar refractivity (Wildman–Crippen MR) is 45.9 cm³/mol. The molecule has 0 radical (unpaired) electrons. The van der Waals surface area contributed by atoms with Crippen molar-refractivity contribution in [1.29, 1.82) is 0 Å². The van der Waals surface area contributed by atoms with E-state index >= 15 is 0 Å². The largest absolute Gasteiger partial charge is 0.433 e. The summed E-state index contributed by atoms with van der Waals surface area (Å²) in [5.41, 5.74) is 1.70. The number of H-pyrrole nitrogens is 1. The lowest BCUT2D eigenvalue weighted by Gasteiger charge is -2.23. The molecule has 8 heteroatoms. The summed E-state index contributed by atoms with van der Waals surface area (Å²) in [7, 11) is 0. The zero-order valence-electron chi connectivity index (χ0n) is 8.28. The van der Waals surface area contributed by atoms with E-state index in [1.54, 1.807) is 5.10 Å². The van der Waals surface area contributed by atoms with E-state index in [-0.39, 0.29) is 5.56 Å². The van der Waals surface area contributed by atoms with Gasteiger partial charge in [-0.25, -0.2) is 8.78 Å². The van der Waals surface area contributed by atoms with Gasteiger partial charge >= 0.3 is 6.18 Å². The monoisotopic (exact) mass is 243 g/mol. The van der Waals surface area contributed by atoms with Crippen molar-refractivity contribution < 1.29 is 22.0 Å². The van der Waals surface area contributed by atoms with Gasteiger partial charge in [0.15, 0.2) is 0 Å². The van der Waals surface area contributed by atoms with E-state index in [0.717, 1.165) is 13.1 Å². The van der Waals surface area contributed by atoms with Crippen molar-refractivity contribution >= 4 is 0 Å². The highest BCUT2D eigenvalue weighted by molar-refractivity contribution is 5.22. The van der Waals surface area contributed by atoms with Crippen LogP contribution in [0.4, 0.5) is 22.0 Å². The molecule has 0 saturated heterocycles. The molecule has 3 nitrogen and oxygen atoms in total. The van der Waals surface area contributed by atoms with Crippen LogP contribution in [0.2, 0.25) is 0 Å². The maximum absolute atomic E-state index is 12.4. The molecule has 0 bridgehead atoms. The van der Waals surface area contributed by atoms with Gasteiger partial charge in [-0.1, -0.05) is 0 Å². The molecular formula is C8H10F5N3. The van der Waals surface area contributed by atoms with E-state index in [2.05, 4.69) is 5.10 Å². The molecule has 1 atom stereocenters. The molecule has 92 valence electrons. The second-order valence-corrected chi connectivity index (χ2v) is 3.75. The first-order chi connectivity index (χ1) is 7.14. The predicted octanol–water partition coefficient (Wildman–Crippen LogP) is 1.95. The molecule has 1 rings (SSSR count). The Balaban J connectivity index is 2.95. The summed E-state index contributed by atoms with van der Waals surface area (Å²) in [5, 5.41) is 4.92. The highest BCUT2D eigenvalue weighted by Crippen LogP contribution is 2.32. The van der Waals surface area contributed by atoms with Crippen molar-refractivity contribution in [3.05, 3.63) is 17.5 Å². The van der Waals surface area contributed by atoms with Crippen molar-refractivity contribution in [2.24, 2.45) is 5.73 Å². The number of nitrogens with two attached hydrogens (primary N) is 1. The molecule has 0 aliphatic rings. The molecule has 0 fully saturated rings. The molecule has 3 N–H and O–H groups in total. The summed E-state index contributed by atoms with van der Waals surface area (Å²) in [6.45, 7) is 0.991. The summed E-state index contributed by atoms with van der Waals surface area (Å²) < 4.78 is 61.9. The van der Waals surface area contributed by atoms with Gasteiger partial charge in [0.1, 0.15) is 5.69 Å². The normalized spacial score (nSPS) is 16.5. The fourth-order valence-electron chi connectivity index (χ4n) is 1.18. The van der Waals surface area contributed by atoms with Gasteiger partial charge in [0.05, 0.1) is 11.7 Å². The minimum atomic E-state index is -4.65. The molecule has 1 heterocycles. The van der Waals surface area contributed by atoms with Gasteiger partial charge in [-0.15, -0.1) is 0 Å². The molecule has 16 heavy (non-hydrogen) atoms. The number of rotatable bonds is 3. The Kier molecular flexibility index (Phi) is 3.22. The van der Waals surface area contributed by atoms with Gasteiger partial charge in [0.2, 0.25) is 0 Å². The van der Waals surface area contributed by atoms with Crippen molar-refractivity contribution in [3.8, 4) is 0 Å². The Hall–Kier alpha value is -1.18. The Morgan fingerprint density at radius 2 is 2.00 bits per heavy atom. The van der Waals surface area contributed by atoms with Crippen LogP contribution in [0.3, 0.4) is 0 Å². The minimum Gasteiger partial charge on any atom is -0.320 e. The maximum atomic E-state index is 12.4. The first-order valence-electron chi connectivity index (χ1n) is 4.31. The van der Waals surface area contributed by atoms with Crippen LogP contribution in [-0.4, -0.2) is 22.2 Å². The SMILES string of the molecule is CC(N)(Cc1cn[nH]c1C(F)(F)F)C(F)F. The zero-order chi connectivity index (χ0) is 12.6. The Bertz CT molecular complexity index is 355. The molecule has 0 aliphatic heterocycles. The first kappa shape index (κ1) is 12.9. The third-order valence-corrected chi connectivity index (χ3v) is 2.07. The summed E-state index contributed by atoms with van der Waals surface area (Å²) in [6, 6.07) is 0. The van der Waals surface area contributed by atoms with Crippen LogP contribution in [0.15, 0.2) is 6.20 Å². The summed E-state index contributed by atoms with van der Waals surface area (Å²) in [6.07, 6.45) is -7.31. The van der Waals surface area contributed by atoms with Crippen LogP contribution < -0.4 is 5.73 Å². The van der Waals surface area contributed by atoms with E-state index in [1.165, 1.54) is 0 Å². The average molecular weight is 243 g/mol. The number of hydrogen-bond acceptors (Lipinski definition) is 2. The maximum Gasteiger partial charge on any atom is 0.433 e. The van der Waals surface area contributed by atoms with Crippen molar-refractivity contribution in [3.63, 3.8) is 0 Å². The van der Waals surface area contributed by atoms with Gasteiger partial charge < -0.3 is 5.73 Å². The number of nitrogens with one attached hydrogen (secondary N) is 1. The van der Waals surface area contributed by atoms with E-state index in [4.69, 9.17) is 5.73 Å². The second kappa shape index (κ2) is 4.00. The quantitative estimate of drug-likeness (QED) is 0.797. The minimum absolute atomic E-state index is 0.363. The third kappa shape index (κ3) is 2.69.